The van der Waals surface area contributed by atoms with Gasteiger partial charge in [0.05, 0.1) is 11.6 Å². The summed E-state index contributed by atoms with van der Waals surface area (Å²) in [6.07, 6.45) is 12.1. The molecule has 0 aromatic heterocycles. The Morgan fingerprint density at radius 2 is 1.96 bits per heavy atom. The van der Waals surface area contributed by atoms with Crippen molar-refractivity contribution in [2.75, 3.05) is 0 Å². The maximum absolute atomic E-state index is 12.5. The monoisotopic (exact) mass is 353 g/mol. The highest BCUT2D eigenvalue weighted by Gasteiger charge is 2.25. The molecule has 0 heterocycles. The average Bonchev–Trinajstić information content (AvgIpc) is 2.68. The van der Waals surface area contributed by atoms with Crippen LogP contribution in [0.25, 0.3) is 0 Å². The lowest BCUT2D eigenvalue weighted by Crippen LogP contribution is -2.24. The van der Waals surface area contributed by atoms with Crippen LogP contribution in [0.5, 0.6) is 0 Å². The SMILES string of the molecule is CCCCCC1CCc2cc(C(=O)OC3CCC(C#N)CC3)ccc2C1. The van der Waals surface area contributed by atoms with Crippen LogP contribution in [-0.4, -0.2) is 12.1 Å². The van der Waals surface area contributed by atoms with Crippen molar-refractivity contribution in [1.82, 2.24) is 0 Å². The fourth-order valence-electron chi connectivity index (χ4n) is 4.42. The number of aryl methyl sites for hydroxylation is 1. The lowest BCUT2D eigenvalue weighted by molar-refractivity contribution is 0.0187. The van der Waals surface area contributed by atoms with E-state index in [0.717, 1.165) is 44.4 Å². The van der Waals surface area contributed by atoms with Crippen molar-refractivity contribution in [3.8, 4) is 6.07 Å². The summed E-state index contributed by atoms with van der Waals surface area (Å²) in [5.41, 5.74) is 3.44. The van der Waals surface area contributed by atoms with E-state index in [1.165, 1.54) is 43.2 Å². The summed E-state index contributed by atoms with van der Waals surface area (Å²) in [5, 5.41) is 8.97. The fraction of sp³-hybridized carbons (Fsp3) is 0.652. The van der Waals surface area contributed by atoms with E-state index in [-0.39, 0.29) is 18.0 Å². The maximum Gasteiger partial charge on any atom is 0.338 e. The normalized spacial score (nSPS) is 25.2. The highest BCUT2D eigenvalue weighted by atomic mass is 16.5. The molecule has 3 rings (SSSR count). The largest absolute Gasteiger partial charge is 0.459 e. The Balaban J connectivity index is 1.54. The Labute approximate surface area is 157 Å². The van der Waals surface area contributed by atoms with E-state index in [1.807, 2.05) is 6.07 Å². The van der Waals surface area contributed by atoms with Gasteiger partial charge in [-0.05, 0) is 74.1 Å². The van der Waals surface area contributed by atoms with Gasteiger partial charge in [0.15, 0.2) is 0 Å². The number of unbranched alkanes of at least 4 members (excludes halogenated alkanes) is 2. The van der Waals surface area contributed by atoms with E-state index in [2.05, 4.69) is 25.1 Å². The van der Waals surface area contributed by atoms with Crippen molar-refractivity contribution in [2.24, 2.45) is 11.8 Å². The number of carbonyl (C=O) groups excluding carboxylic acids is 1. The number of hydrogen-bond acceptors (Lipinski definition) is 3. The van der Waals surface area contributed by atoms with Gasteiger partial charge in [-0.15, -0.1) is 0 Å². The number of benzene rings is 1. The minimum atomic E-state index is -0.196. The number of nitrogens with zero attached hydrogens (tertiary/aromatic N) is 1. The van der Waals surface area contributed by atoms with Crippen molar-refractivity contribution in [3.05, 3.63) is 34.9 Å². The summed E-state index contributed by atoms with van der Waals surface area (Å²) in [6, 6.07) is 8.46. The number of ether oxygens (including phenoxy) is 1. The van der Waals surface area contributed by atoms with E-state index in [0.29, 0.717) is 5.56 Å². The summed E-state index contributed by atoms with van der Waals surface area (Å²) in [4.78, 5) is 12.5. The van der Waals surface area contributed by atoms with E-state index < -0.39 is 0 Å². The zero-order chi connectivity index (χ0) is 18.4. The van der Waals surface area contributed by atoms with Gasteiger partial charge < -0.3 is 4.74 Å². The zero-order valence-electron chi connectivity index (χ0n) is 16.0. The molecule has 0 saturated heterocycles. The molecule has 0 radical (unpaired) electrons. The molecular formula is C23H31NO2. The van der Waals surface area contributed by atoms with Crippen LogP contribution in [0.4, 0.5) is 0 Å². The topological polar surface area (TPSA) is 50.1 Å². The van der Waals surface area contributed by atoms with Crippen molar-refractivity contribution in [3.63, 3.8) is 0 Å². The molecule has 0 bridgehead atoms. The average molecular weight is 354 g/mol. The van der Waals surface area contributed by atoms with Gasteiger partial charge in [0.25, 0.3) is 0 Å². The minimum absolute atomic E-state index is 0.0221. The molecule has 0 aliphatic heterocycles. The molecular weight excluding hydrogens is 322 g/mol. The van der Waals surface area contributed by atoms with Crippen molar-refractivity contribution < 1.29 is 9.53 Å². The Kier molecular flexibility index (Phi) is 6.72. The Hall–Kier alpha value is -1.82. The maximum atomic E-state index is 12.5. The Morgan fingerprint density at radius 1 is 1.15 bits per heavy atom. The van der Waals surface area contributed by atoms with Crippen LogP contribution >= 0.6 is 0 Å². The zero-order valence-corrected chi connectivity index (χ0v) is 16.0. The predicted octanol–water partition coefficient (Wildman–Crippen LogP) is 5.61. The molecule has 1 fully saturated rings. The molecule has 3 heteroatoms. The molecule has 1 aromatic carbocycles. The Bertz CT molecular complexity index is 653. The van der Waals surface area contributed by atoms with Crippen LogP contribution in [0.15, 0.2) is 18.2 Å². The molecule has 0 amide bonds. The molecule has 0 N–H and O–H groups in total. The second-order valence-corrected chi connectivity index (χ2v) is 8.10. The van der Waals surface area contributed by atoms with Crippen LogP contribution in [0.1, 0.15) is 86.2 Å². The van der Waals surface area contributed by atoms with E-state index >= 15 is 0 Å². The van der Waals surface area contributed by atoms with Gasteiger partial charge >= 0.3 is 5.97 Å². The molecule has 1 unspecified atom stereocenters. The molecule has 1 atom stereocenters. The van der Waals surface area contributed by atoms with Crippen LogP contribution < -0.4 is 0 Å². The first kappa shape index (κ1) is 19.0. The lowest BCUT2D eigenvalue weighted by atomic mass is 9.81. The molecule has 2 aliphatic rings. The Morgan fingerprint density at radius 3 is 2.69 bits per heavy atom. The fourth-order valence-corrected chi connectivity index (χ4v) is 4.42. The predicted molar refractivity (Wildman–Crippen MR) is 103 cm³/mol. The van der Waals surface area contributed by atoms with Crippen molar-refractivity contribution in [2.45, 2.75) is 83.7 Å². The van der Waals surface area contributed by atoms with Gasteiger partial charge in [-0.1, -0.05) is 38.7 Å². The third-order valence-corrected chi connectivity index (χ3v) is 6.12. The van der Waals surface area contributed by atoms with Crippen LogP contribution in [0, 0.1) is 23.2 Å². The second-order valence-electron chi connectivity index (χ2n) is 8.10. The number of esters is 1. The minimum Gasteiger partial charge on any atom is -0.459 e. The molecule has 3 nitrogen and oxygen atoms in total. The van der Waals surface area contributed by atoms with Gasteiger partial charge in [0.2, 0.25) is 0 Å². The highest BCUT2D eigenvalue weighted by molar-refractivity contribution is 5.89. The van der Waals surface area contributed by atoms with Gasteiger partial charge in [-0.25, -0.2) is 4.79 Å². The number of nitriles is 1. The quantitative estimate of drug-likeness (QED) is 0.493. The molecule has 0 spiro atoms. The van der Waals surface area contributed by atoms with Crippen molar-refractivity contribution >= 4 is 5.97 Å². The second kappa shape index (κ2) is 9.21. The lowest BCUT2D eigenvalue weighted by Gasteiger charge is -2.26. The van der Waals surface area contributed by atoms with Gasteiger partial charge in [-0.3, -0.25) is 0 Å². The number of rotatable bonds is 6. The van der Waals surface area contributed by atoms with Gasteiger partial charge in [0.1, 0.15) is 6.10 Å². The highest BCUT2D eigenvalue weighted by Crippen LogP contribution is 2.30. The summed E-state index contributed by atoms with van der Waals surface area (Å²) in [5.74, 6) is 0.749. The molecule has 2 aliphatic carbocycles. The van der Waals surface area contributed by atoms with Gasteiger partial charge in [0, 0.05) is 5.92 Å². The molecule has 1 aromatic rings. The summed E-state index contributed by atoms with van der Waals surface area (Å²) < 4.78 is 5.70. The van der Waals surface area contributed by atoms with Crippen molar-refractivity contribution in [1.29, 1.82) is 5.26 Å². The van der Waals surface area contributed by atoms with E-state index in [1.54, 1.807) is 0 Å². The number of fused-ring (bicyclic) bond motifs is 1. The smallest absolute Gasteiger partial charge is 0.338 e. The molecule has 1 saturated carbocycles. The summed E-state index contributed by atoms with van der Waals surface area (Å²) >= 11 is 0. The third kappa shape index (κ3) is 4.87. The third-order valence-electron chi connectivity index (χ3n) is 6.12. The van der Waals surface area contributed by atoms with Crippen LogP contribution in [0.2, 0.25) is 0 Å². The van der Waals surface area contributed by atoms with Crippen LogP contribution in [0.3, 0.4) is 0 Å². The number of hydrogen-bond donors (Lipinski definition) is 0. The summed E-state index contributed by atoms with van der Waals surface area (Å²) in [6.45, 7) is 2.26. The standard InChI is InChI=1S/C23H31NO2/c1-2-3-4-5-17-6-9-20-15-21(11-10-19(20)14-17)23(25)26-22-12-7-18(16-24)8-13-22/h10-11,15,17-18,22H,2-9,12-14H2,1H3. The van der Waals surface area contributed by atoms with E-state index in [9.17, 15) is 4.79 Å². The first-order chi connectivity index (χ1) is 12.7. The number of carbonyl (C=O) groups is 1. The van der Waals surface area contributed by atoms with E-state index in [4.69, 9.17) is 10.00 Å². The first-order valence-corrected chi connectivity index (χ1v) is 10.4. The molecule has 26 heavy (non-hydrogen) atoms. The first-order valence-electron chi connectivity index (χ1n) is 10.4. The molecule has 140 valence electrons. The summed E-state index contributed by atoms with van der Waals surface area (Å²) in [7, 11) is 0. The van der Waals surface area contributed by atoms with Crippen LogP contribution in [-0.2, 0) is 17.6 Å². The van der Waals surface area contributed by atoms with Gasteiger partial charge in [-0.2, -0.15) is 5.26 Å².